The summed E-state index contributed by atoms with van der Waals surface area (Å²) < 4.78 is 0. The van der Waals surface area contributed by atoms with Gasteiger partial charge >= 0.3 is 0 Å². The van der Waals surface area contributed by atoms with Crippen LogP contribution in [0.25, 0.3) is 0 Å². The number of rotatable bonds is 1. The van der Waals surface area contributed by atoms with E-state index in [2.05, 4.69) is 16.7 Å². The van der Waals surface area contributed by atoms with Gasteiger partial charge in [0.1, 0.15) is 0 Å². The van der Waals surface area contributed by atoms with Crippen molar-refractivity contribution in [2.45, 2.75) is 38.3 Å². The van der Waals surface area contributed by atoms with Gasteiger partial charge in [-0.15, -0.1) is 0 Å². The Morgan fingerprint density at radius 2 is 1.88 bits per heavy atom. The van der Waals surface area contributed by atoms with E-state index < -0.39 is 0 Å². The summed E-state index contributed by atoms with van der Waals surface area (Å²) in [5, 5.41) is 0. The van der Waals surface area contributed by atoms with Gasteiger partial charge in [0.25, 0.3) is 0 Å². The molecule has 16 heavy (non-hydrogen) atoms. The second-order valence-corrected chi connectivity index (χ2v) is 6.26. The van der Waals surface area contributed by atoms with E-state index in [1.807, 2.05) is 0 Å². The summed E-state index contributed by atoms with van der Waals surface area (Å²) in [5.74, 6) is 1.73. The molecular weight excluding hydrogens is 198 g/mol. The van der Waals surface area contributed by atoms with E-state index in [0.29, 0.717) is 6.04 Å². The van der Waals surface area contributed by atoms with Crippen molar-refractivity contribution >= 4 is 0 Å². The molecule has 3 saturated heterocycles. The predicted octanol–water partition coefficient (Wildman–Crippen LogP) is 0.750. The minimum atomic E-state index is 0.420. The Kier molecular flexibility index (Phi) is 2.94. The van der Waals surface area contributed by atoms with Crippen LogP contribution >= 0.6 is 0 Å². The summed E-state index contributed by atoms with van der Waals surface area (Å²) in [5.41, 5.74) is 6.17. The molecule has 0 saturated carbocycles. The van der Waals surface area contributed by atoms with Crippen molar-refractivity contribution in [2.75, 3.05) is 32.7 Å². The molecule has 3 heterocycles. The Hall–Kier alpha value is -0.120. The molecule has 92 valence electrons. The summed E-state index contributed by atoms with van der Waals surface area (Å²) in [4.78, 5) is 5.35. The normalized spacial score (nSPS) is 49.5. The van der Waals surface area contributed by atoms with Crippen LogP contribution in [0.2, 0.25) is 0 Å². The van der Waals surface area contributed by atoms with Crippen LogP contribution in [-0.4, -0.2) is 54.6 Å². The van der Waals surface area contributed by atoms with Gasteiger partial charge in [0.15, 0.2) is 0 Å². The maximum Gasteiger partial charge on any atom is 0.0170 e. The van der Waals surface area contributed by atoms with Gasteiger partial charge in [-0.1, -0.05) is 6.92 Å². The monoisotopic (exact) mass is 223 g/mol. The highest BCUT2D eigenvalue weighted by Crippen LogP contribution is 2.32. The fourth-order valence-corrected chi connectivity index (χ4v) is 4.12. The average Bonchev–Trinajstić information content (AvgIpc) is 2.59. The third kappa shape index (κ3) is 2.01. The van der Waals surface area contributed by atoms with Crippen molar-refractivity contribution in [1.29, 1.82) is 0 Å². The quantitative estimate of drug-likeness (QED) is 0.712. The molecule has 3 rings (SSSR count). The van der Waals surface area contributed by atoms with E-state index in [1.165, 1.54) is 45.4 Å². The first-order valence-electron chi connectivity index (χ1n) is 6.94. The Balaban J connectivity index is 1.67. The molecule has 0 spiro atoms. The van der Waals surface area contributed by atoms with E-state index in [4.69, 9.17) is 5.73 Å². The zero-order valence-corrected chi connectivity index (χ0v) is 10.4. The van der Waals surface area contributed by atoms with Crippen molar-refractivity contribution in [3.8, 4) is 0 Å². The Bertz CT molecular complexity index is 246. The lowest BCUT2D eigenvalue weighted by molar-refractivity contribution is 0.0568. The molecule has 3 nitrogen and oxygen atoms in total. The molecule has 3 aliphatic heterocycles. The summed E-state index contributed by atoms with van der Waals surface area (Å²) >= 11 is 0. The Morgan fingerprint density at radius 3 is 2.69 bits per heavy atom. The van der Waals surface area contributed by atoms with E-state index >= 15 is 0 Å². The van der Waals surface area contributed by atoms with Gasteiger partial charge < -0.3 is 10.6 Å². The molecule has 0 aliphatic carbocycles. The van der Waals surface area contributed by atoms with E-state index in [-0.39, 0.29) is 0 Å². The zero-order chi connectivity index (χ0) is 11.1. The lowest BCUT2D eigenvalue weighted by atomic mass is 9.88. The minimum absolute atomic E-state index is 0.420. The molecule has 0 radical (unpaired) electrons. The molecule has 2 N–H and O–H groups in total. The number of fused-ring (bicyclic) bond motifs is 2. The van der Waals surface area contributed by atoms with E-state index in [1.54, 1.807) is 0 Å². The van der Waals surface area contributed by atoms with Crippen LogP contribution in [0.3, 0.4) is 0 Å². The van der Waals surface area contributed by atoms with Crippen molar-refractivity contribution in [1.82, 2.24) is 9.80 Å². The second kappa shape index (κ2) is 4.28. The van der Waals surface area contributed by atoms with Crippen LogP contribution in [0.1, 0.15) is 26.2 Å². The number of hydrogen-bond donors (Lipinski definition) is 1. The van der Waals surface area contributed by atoms with Gasteiger partial charge in [0, 0.05) is 31.7 Å². The molecule has 3 aliphatic rings. The first-order valence-corrected chi connectivity index (χ1v) is 6.94. The molecule has 5 unspecified atom stereocenters. The van der Waals surface area contributed by atoms with Gasteiger partial charge in [-0.3, -0.25) is 4.90 Å². The second-order valence-electron chi connectivity index (χ2n) is 6.26. The molecule has 5 atom stereocenters. The fraction of sp³-hybridized carbons (Fsp3) is 1.00. The largest absolute Gasteiger partial charge is 0.327 e. The molecule has 2 bridgehead atoms. The first-order chi connectivity index (χ1) is 7.72. The molecule has 3 heteroatoms. The van der Waals surface area contributed by atoms with Crippen LogP contribution in [0.15, 0.2) is 0 Å². The smallest absolute Gasteiger partial charge is 0.0170 e. The van der Waals surface area contributed by atoms with Gasteiger partial charge in [-0.2, -0.15) is 0 Å². The fourth-order valence-electron chi connectivity index (χ4n) is 4.12. The van der Waals surface area contributed by atoms with Crippen LogP contribution in [0.4, 0.5) is 0 Å². The lowest BCUT2D eigenvalue weighted by Crippen LogP contribution is -2.54. The van der Waals surface area contributed by atoms with Crippen LogP contribution in [-0.2, 0) is 0 Å². The van der Waals surface area contributed by atoms with E-state index in [9.17, 15) is 0 Å². The SMILES string of the molecule is CC1CC(N)CN(C2CCN3CCC2C3)C1. The summed E-state index contributed by atoms with van der Waals surface area (Å²) in [6.07, 6.45) is 4.02. The van der Waals surface area contributed by atoms with Crippen molar-refractivity contribution < 1.29 is 0 Å². The summed E-state index contributed by atoms with van der Waals surface area (Å²) in [6, 6.07) is 1.26. The summed E-state index contributed by atoms with van der Waals surface area (Å²) in [7, 11) is 0. The van der Waals surface area contributed by atoms with Gasteiger partial charge in [0.2, 0.25) is 0 Å². The highest BCUT2D eigenvalue weighted by Gasteiger charge is 2.39. The Morgan fingerprint density at radius 1 is 1.06 bits per heavy atom. The zero-order valence-electron chi connectivity index (χ0n) is 10.4. The number of piperidine rings is 2. The van der Waals surface area contributed by atoms with Crippen LogP contribution in [0.5, 0.6) is 0 Å². The van der Waals surface area contributed by atoms with E-state index in [0.717, 1.165) is 24.4 Å². The highest BCUT2D eigenvalue weighted by molar-refractivity contribution is 4.94. The predicted molar refractivity (Wildman–Crippen MR) is 66.3 cm³/mol. The minimum Gasteiger partial charge on any atom is -0.327 e. The maximum atomic E-state index is 6.17. The van der Waals surface area contributed by atoms with Gasteiger partial charge in [-0.05, 0) is 44.2 Å². The van der Waals surface area contributed by atoms with Crippen molar-refractivity contribution in [2.24, 2.45) is 17.6 Å². The molecule has 3 fully saturated rings. The third-order valence-electron chi connectivity index (χ3n) is 4.78. The molecule has 0 amide bonds. The van der Waals surface area contributed by atoms with Crippen LogP contribution in [0, 0.1) is 11.8 Å². The molecule has 0 aromatic heterocycles. The first kappa shape index (κ1) is 11.0. The number of nitrogens with zero attached hydrogens (tertiary/aromatic N) is 2. The highest BCUT2D eigenvalue weighted by atomic mass is 15.2. The summed E-state index contributed by atoms with van der Waals surface area (Å²) in [6.45, 7) is 8.80. The standard InChI is InChI=1S/C13H25N3/c1-10-6-12(14)9-16(7-10)13-3-5-15-4-2-11(13)8-15/h10-13H,2-9,14H2,1H3. The topological polar surface area (TPSA) is 32.5 Å². The number of nitrogens with two attached hydrogens (primary N) is 1. The van der Waals surface area contributed by atoms with Crippen molar-refractivity contribution in [3.63, 3.8) is 0 Å². The third-order valence-corrected chi connectivity index (χ3v) is 4.78. The van der Waals surface area contributed by atoms with Crippen LogP contribution < -0.4 is 5.73 Å². The lowest BCUT2D eigenvalue weighted by Gasteiger charge is -2.44. The molecule has 0 aromatic carbocycles. The molecule has 0 aromatic rings. The van der Waals surface area contributed by atoms with Gasteiger partial charge in [0.05, 0.1) is 0 Å². The number of likely N-dealkylation sites (tertiary alicyclic amines) is 1. The van der Waals surface area contributed by atoms with Gasteiger partial charge in [-0.25, -0.2) is 0 Å². The Labute approximate surface area is 99.0 Å². The maximum absolute atomic E-state index is 6.17. The number of hydrogen-bond acceptors (Lipinski definition) is 3. The average molecular weight is 223 g/mol. The van der Waals surface area contributed by atoms with Crippen molar-refractivity contribution in [3.05, 3.63) is 0 Å². The molecular formula is C13H25N3.